The first kappa shape index (κ1) is 20.5. The molecule has 0 bridgehead atoms. The van der Waals surface area contributed by atoms with Crippen LogP contribution in [0.15, 0.2) is 53.7 Å². The van der Waals surface area contributed by atoms with E-state index < -0.39 is 0 Å². The third-order valence-electron chi connectivity index (χ3n) is 4.33. The molecule has 28 heavy (non-hydrogen) atoms. The van der Waals surface area contributed by atoms with Gasteiger partial charge in [0.15, 0.2) is 6.10 Å². The van der Waals surface area contributed by atoms with Gasteiger partial charge in [-0.2, -0.15) is 0 Å². The van der Waals surface area contributed by atoms with Gasteiger partial charge in [-0.15, -0.1) is 0 Å². The number of carbonyl (C=O) groups excluding carboxylic acids is 1. The van der Waals surface area contributed by atoms with Gasteiger partial charge in [0.25, 0.3) is 0 Å². The van der Waals surface area contributed by atoms with Gasteiger partial charge in [-0.25, -0.2) is 4.79 Å². The Labute approximate surface area is 175 Å². The minimum Gasteiger partial charge on any atom is -0.390 e. The first-order valence-electron chi connectivity index (χ1n) is 9.20. The van der Waals surface area contributed by atoms with E-state index in [9.17, 15) is 4.79 Å². The molecule has 0 aliphatic carbocycles. The molecule has 2 amide bonds. The summed E-state index contributed by atoms with van der Waals surface area (Å²) in [6, 6.07) is 15.2. The maximum atomic E-state index is 12.7. The van der Waals surface area contributed by atoms with Crippen LogP contribution >= 0.6 is 23.2 Å². The van der Waals surface area contributed by atoms with Gasteiger partial charge in [0, 0.05) is 24.6 Å². The summed E-state index contributed by atoms with van der Waals surface area (Å²) < 4.78 is 0. The van der Waals surface area contributed by atoms with Gasteiger partial charge >= 0.3 is 6.03 Å². The summed E-state index contributed by atoms with van der Waals surface area (Å²) >= 11 is 12.1. The van der Waals surface area contributed by atoms with Crippen molar-refractivity contribution in [3.8, 4) is 0 Å². The fourth-order valence-electron chi connectivity index (χ4n) is 2.98. The van der Waals surface area contributed by atoms with Gasteiger partial charge in [0.1, 0.15) is 0 Å². The molecule has 1 aliphatic rings. The Bertz CT molecular complexity index is 856. The van der Waals surface area contributed by atoms with E-state index in [1.165, 1.54) is 0 Å². The molecular weight excluding hydrogens is 397 g/mol. The van der Waals surface area contributed by atoms with Crippen molar-refractivity contribution >= 4 is 34.9 Å². The summed E-state index contributed by atoms with van der Waals surface area (Å²) in [5.41, 5.74) is 2.73. The molecule has 7 heteroatoms. The number of oxime groups is 1. The lowest BCUT2D eigenvalue weighted by molar-refractivity contribution is 0.0586. The fraction of sp³-hybridized carbons (Fsp3) is 0.333. The molecular formula is C21H23Cl2N3O2. The number of urea groups is 1. The van der Waals surface area contributed by atoms with Gasteiger partial charge in [-0.05, 0) is 31.5 Å². The highest BCUT2D eigenvalue weighted by atomic mass is 35.5. The standard InChI is InChI=1S/C21H23Cl2N3O2/c1-14(2)24-21(27)26(12-15-6-4-3-5-7-15)13-17-11-20(25-28-17)16-8-9-18(22)19(23)10-16/h3-10,14,17H,11-13H2,1-2H3,(H,24,27)/t17-/m1/s1. The summed E-state index contributed by atoms with van der Waals surface area (Å²) in [6.45, 7) is 4.81. The SMILES string of the molecule is CC(C)NC(=O)N(Cc1ccccc1)C[C@H]1CC(c2ccc(Cl)c(Cl)c2)=NO1. The molecule has 5 nitrogen and oxygen atoms in total. The average molecular weight is 420 g/mol. The lowest BCUT2D eigenvalue weighted by Gasteiger charge is -2.26. The number of amides is 2. The Morgan fingerprint density at radius 2 is 1.96 bits per heavy atom. The molecule has 1 aliphatic heterocycles. The van der Waals surface area contributed by atoms with Crippen molar-refractivity contribution in [3.05, 3.63) is 69.7 Å². The van der Waals surface area contributed by atoms with Crippen molar-refractivity contribution in [2.75, 3.05) is 6.54 Å². The highest BCUT2D eigenvalue weighted by Gasteiger charge is 2.27. The smallest absolute Gasteiger partial charge is 0.318 e. The zero-order valence-corrected chi connectivity index (χ0v) is 17.4. The predicted molar refractivity (Wildman–Crippen MR) is 113 cm³/mol. The van der Waals surface area contributed by atoms with Crippen molar-refractivity contribution in [3.63, 3.8) is 0 Å². The van der Waals surface area contributed by atoms with E-state index in [0.29, 0.717) is 29.6 Å². The largest absolute Gasteiger partial charge is 0.390 e. The molecule has 2 aromatic carbocycles. The molecule has 0 aromatic heterocycles. The van der Waals surface area contributed by atoms with Gasteiger partial charge in [-0.3, -0.25) is 0 Å². The van der Waals surface area contributed by atoms with Crippen LogP contribution in [0.25, 0.3) is 0 Å². The molecule has 0 saturated heterocycles. The first-order valence-corrected chi connectivity index (χ1v) is 9.95. The van der Waals surface area contributed by atoms with Gasteiger partial charge in [0.05, 0.1) is 22.3 Å². The molecule has 0 spiro atoms. The number of nitrogens with one attached hydrogen (secondary N) is 1. The average Bonchev–Trinajstić information content (AvgIpc) is 3.12. The van der Waals surface area contributed by atoms with Crippen LogP contribution in [-0.2, 0) is 11.4 Å². The summed E-state index contributed by atoms with van der Waals surface area (Å²) in [6.07, 6.45) is 0.379. The molecule has 1 N–H and O–H groups in total. The van der Waals surface area contributed by atoms with Crippen molar-refractivity contribution in [1.29, 1.82) is 0 Å². The lowest BCUT2D eigenvalue weighted by atomic mass is 10.0. The fourth-order valence-corrected chi connectivity index (χ4v) is 3.28. The molecule has 0 saturated carbocycles. The number of hydrogen-bond donors (Lipinski definition) is 1. The van der Waals surface area contributed by atoms with E-state index in [0.717, 1.165) is 16.8 Å². The van der Waals surface area contributed by atoms with Crippen molar-refractivity contribution in [2.24, 2.45) is 5.16 Å². The zero-order valence-electron chi connectivity index (χ0n) is 15.9. The van der Waals surface area contributed by atoms with Crippen molar-refractivity contribution in [1.82, 2.24) is 10.2 Å². The molecule has 0 radical (unpaired) electrons. The molecule has 3 rings (SSSR count). The number of carbonyl (C=O) groups is 1. The summed E-state index contributed by atoms with van der Waals surface area (Å²) in [4.78, 5) is 20.0. The zero-order chi connectivity index (χ0) is 20.1. The number of rotatable bonds is 6. The summed E-state index contributed by atoms with van der Waals surface area (Å²) in [5, 5.41) is 8.13. The topological polar surface area (TPSA) is 53.9 Å². The van der Waals surface area contributed by atoms with Crippen LogP contribution in [-0.4, -0.2) is 35.3 Å². The van der Waals surface area contributed by atoms with Gasteiger partial charge in [-0.1, -0.05) is 64.8 Å². The molecule has 1 heterocycles. The predicted octanol–water partition coefficient (Wildman–Crippen LogP) is 5.11. The van der Waals surface area contributed by atoms with Crippen LogP contribution in [0.1, 0.15) is 31.4 Å². The number of benzene rings is 2. The van der Waals surface area contributed by atoms with Crippen molar-refractivity contribution in [2.45, 2.75) is 39.0 Å². The van der Waals surface area contributed by atoms with E-state index in [1.54, 1.807) is 17.0 Å². The second-order valence-corrected chi connectivity index (χ2v) is 7.88. The molecule has 1 atom stereocenters. The van der Waals surface area contributed by atoms with E-state index >= 15 is 0 Å². The van der Waals surface area contributed by atoms with Crippen LogP contribution in [0.3, 0.4) is 0 Å². The molecule has 0 unspecified atom stereocenters. The highest BCUT2D eigenvalue weighted by molar-refractivity contribution is 6.42. The highest BCUT2D eigenvalue weighted by Crippen LogP contribution is 2.26. The van der Waals surface area contributed by atoms with Crippen LogP contribution in [0.4, 0.5) is 4.79 Å². The Balaban J connectivity index is 1.67. The maximum absolute atomic E-state index is 12.7. The molecule has 2 aromatic rings. The summed E-state index contributed by atoms with van der Waals surface area (Å²) in [7, 11) is 0. The van der Waals surface area contributed by atoms with Crippen molar-refractivity contribution < 1.29 is 9.63 Å². The van der Waals surface area contributed by atoms with Crippen LogP contribution < -0.4 is 5.32 Å². The quantitative estimate of drug-likeness (QED) is 0.707. The van der Waals surface area contributed by atoms with E-state index in [1.807, 2.05) is 50.2 Å². The Morgan fingerprint density at radius 3 is 2.64 bits per heavy atom. The molecule has 0 fully saturated rings. The second kappa shape index (κ2) is 9.30. The van der Waals surface area contributed by atoms with Crippen LogP contribution in [0.5, 0.6) is 0 Å². The van der Waals surface area contributed by atoms with Crippen LogP contribution in [0.2, 0.25) is 10.0 Å². The summed E-state index contributed by atoms with van der Waals surface area (Å²) in [5.74, 6) is 0. The lowest BCUT2D eigenvalue weighted by Crippen LogP contribution is -2.45. The monoisotopic (exact) mass is 419 g/mol. The maximum Gasteiger partial charge on any atom is 0.318 e. The van der Waals surface area contributed by atoms with Gasteiger partial charge < -0.3 is 15.1 Å². The Morgan fingerprint density at radius 1 is 1.21 bits per heavy atom. The third-order valence-corrected chi connectivity index (χ3v) is 5.06. The Kier molecular flexibility index (Phi) is 6.81. The minimum atomic E-state index is -0.217. The van der Waals surface area contributed by atoms with E-state index in [-0.39, 0.29) is 18.2 Å². The normalized spacial score (nSPS) is 15.9. The molecule has 148 valence electrons. The second-order valence-electron chi connectivity index (χ2n) is 7.07. The number of nitrogens with zero attached hydrogens (tertiary/aromatic N) is 2. The Hall–Kier alpha value is -2.24. The first-order chi connectivity index (χ1) is 13.4. The number of hydrogen-bond acceptors (Lipinski definition) is 3. The minimum absolute atomic E-state index is 0.0540. The van der Waals surface area contributed by atoms with Crippen LogP contribution in [0, 0.1) is 0 Å². The van der Waals surface area contributed by atoms with E-state index in [2.05, 4.69) is 10.5 Å². The van der Waals surface area contributed by atoms with E-state index in [4.69, 9.17) is 28.0 Å². The number of halogens is 2. The third kappa shape index (κ3) is 5.40. The van der Waals surface area contributed by atoms with Gasteiger partial charge in [0.2, 0.25) is 0 Å².